The highest BCUT2D eigenvalue weighted by Crippen LogP contribution is 2.33. The number of hydrogen-bond donors (Lipinski definition) is 1. The van der Waals surface area contributed by atoms with Crippen molar-refractivity contribution < 1.29 is 14.3 Å². The van der Waals surface area contributed by atoms with Crippen LogP contribution in [0.5, 0.6) is 5.75 Å². The van der Waals surface area contributed by atoms with Crippen molar-refractivity contribution in [2.75, 3.05) is 6.54 Å². The van der Waals surface area contributed by atoms with Crippen LogP contribution < -0.4 is 10.1 Å². The molecule has 1 N–H and O–H groups in total. The van der Waals surface area contributed by atoms with Gasteiger partial charge in [-0.1, -0.05) is 19.1 Å². The summed E-state index contributed by atoms with van der Waals surface area (Å²) in [6.07, 6.45) is 1.32. The summed E-state index contributed by atoms with van der Waals surface area (Å²) >= 11 is 0. The minimum atomic E-state index is -1.04. The maximum absolute atomic E-state index is 12.9. The van der Waals surface area contributed by atoms with Gasteiger partial charge in [-0.25, -0.2) is 4.79 Å². The van der Waals surface area contributed by atoms with Gasteiger partial charge in [-0.3, -0.25) is 9.69 Å². The molecule has 1 aliphatic rings. The number of nitrogens with zero attached hydrogens (tertiary/aromatic N) is 2. The van der Waals surface area contributed by atoms with Gasteiger partial charge < -0.3 is 10.1 Å². The van der Waals surface area contributed by atoms with Crippen molar-refractivity contribution in [3.05, 3.63) is 29.8 Å². The summed E-state index contributed by atoms with van der Waals surface area (Å²) in [5.41, 5.74) is -0.303. The molecule has 1 atom stereocenters. The third-order valence-electron chi connectivity index (χ3n) is 4.10. The van der Waals surface area contributed by atoms with E-state index < -0.39 is 11.6 Å². The summed E-state index contributed by atoms with van der Waals surface area (Å²) in [6, 6.07) is 8.88. The predicted molar refractivity (Wildman–Crippen MR) is 89.3 cm³/mol. The van der Waals surface area contributed by atoms with E-state index in [1.54, 1.807) is 0 Å². The van der Waals surface area contributed by atoms with E-state index >= 15 is 0 Å². The van der Waals surface area contributed by atoms with Crippen molar-refractivity contribution in [3.8, 4) is 11.8 Å². The van der Waals surface area contributed by atoms with Crippen molar-refractivity contribution in [2.24, 2.45) is 0 Å². The summed E-state index contributed by atoms with van der Waals surface area (Å²) in [5.74, 6) is 0.466. The van der Waals surface area contributed by atoms with Crippen LogP contribution in [-0.2, 0) is 10.3 Å². The molecule has 6 heteroatoms. The first-order chi connectivity index (χ1) is 11.4. The third-order valence-corrected chi connectivity index (χ3v) is 4.10. The molecule has 1 fully saturated rings. The van der Waals surface area contributed by atoms with Gasteiger partial charge >= 0.3 is 6.03 Å². The fourth-order valence-electron chi connectivity index (χ4n) is 2.87. The molecule has 6 nitrogen and oxygen atoms in total. The standard InChI is InChI=1S/C18H23N3O3/c1-4-18(14-7-9-15(10-8-14)24-13(2)3)16(22)21(17(23)20-18)12-6-5-11-19/h7-10,13H,4-6,12H2,1-3H3,(H,20,23). The third kappa shape index (κ3) is 3.35. The van der Waals surface area contributed by atoms with E-state index in [9.17, 15) is 9.59 Å². The number of carbonyl (C=O) groups excluding carboxylic acids is 2. The Labute approximate surface area is 142 Å². The van der Waals surface area contributed by atoms with Crippen LogP contribution in [0.25, 0.3) is 0 Å². The summed E-state index contributed by atoms with van der Waals surface area (Å²) in [4.78, 5) is 26.3. The molecular weight excluding hydrogens is 306 g/mol. The van der Waals surface area contributed by atoms with Crippen molar-refractivity contribution >= 4 is 11.9 Å². The van der Waals surface area contributed by atoms with E-state index in [0.29, 0.717) is 19.3 Å². The maximum Gasteiger partial charge on any atom is 0.325 e. The SMILES string of the molecule is CCC1(c2ccc(OC(C)C)cc2)NC(=O)N(CCCC#N)C1=O. The van der Waals surface area contributed by atoms with Gasteiger partial charge in [-0.2, -0.15) is 5.26 Å². The van der Waals surface area contributed by atoms with Gasteiger partial charge in [0.25, 0.3) is 5.91 Å². The van der Waals surface area contributed by atoms with Crippen LogP contribution in [0, 0.1) is 11.3 Å². The number of nitriles is 1. The van der Waals surface area contributed by atoms with Crippen LogP contribution in [0.3, 0.4) is 0 Å². The topological polar surface area (TPSA) is 82.4 Å². The normalized spacial score (nSPS) is 20.2. The van der Waals surface area contributed by atoms with Crippen molar-refractivity contribution in [2.45, 2.75) is 51.7 Å². The van der Waals surface area contributed by atoms with Gasteiger partial charge in [0.05, 0.1) is 12.2 Å². The lowest BCUT2D eigenvalue weighted by molar-refractivity contribution is -0.131. The molecule has 0 aromatic heterocycles. The minimum absolute atomic E-state index is 0.0689. The van der Waals surface area contributed by atoms with E-state index in [-0.39, 0.29) is 18.6 Å². The van der Waals surface area contributed by atoms with Gasteiger partial charge in [0, 0.05) is 13.0 Å². The Balaban J connectivity index is 2.24. The molecule has 0 saturated carbocycles. The highest BCUT2D eigenvalue weighted by Gasteiger charge is 2.50. The van der Waals surface area contributed by atoms with Crippen LogP contribution in [0.4, 0.5) is 4.79 Å². The lowest BCUT2D eigenvalue weighted by atomic mass is 9.87. The molecule has 1 unspecified atom stereocenters. The summed E-state index contributed by atoms with van der Waals surface area (Å²) in [6.45, 7) is 6.02. The van der Waals surface area contributed by atoms with E-state index in [4.69, 9.17) is 10.00 Å². The second-order valence-corrected chi connectivity index (χ2v) is 6.10. The van der Waals surface area contributed by atoms with Gasteiger partial charge in [0.2, 0.25) is 0 Å². The molecule has 128 valence electrons. The number of urea groups is 1. The lowest BCUT2D eigenvalue weighted by Crippen LogP contribution is -2.43. The molecule has 0 radical (unpaired) electrons. The van der Waals surface area contributed by atoms with Crippen LogP contribution in [-0.4, -0.2) is 29.5 Å². The predicted octanol–water partition coefficient (Wildman–Crippen LogP) is 2.93. The minimum Gasteiger partial charge on any atom is -0.491 e. The number of rotatable bonds is 7. The number of carbonyl (C=O) groups is 2. The zero-order chi connectivity index (χ0) is 17.7. The lowest BCUT2D eigenvalue weighted by Gasteiger charge is -2.26. The van der Waals surface area contributed by atoms with E-state index in [0.717, 1.165) is 11.3 Å². The highest BCUT2D eigenvalue weighted by atomic mass is 16.5. The zero-order valence-corrected chi connectivity index (χ0v) is 14.3. The quantitative estimate of drug-likeness (QED) is 0.616. The second kappa shape index (κ2) is 7.35. The first-order valence-corrected chi connectivity index (χ1v) is 8.23. The molecule has 1 saturated heterocycles. The number of nitrogens with one attached hydrogen (secondary N) is 1. The van der Waals surface area contributed by atoms with Crippen LogP contribution >= 0.6 is 0 Å². The second-order valence-electron chi connectivity index (χ2n) is 6.10. The Hall–Kier alpha value is -2.55. The highest BCUT2D eigenvalue weighted by molar-refractivity contribution is 6.07. The molecule has 1 aromatic carbocycles. The van der Waals surface area contributed by atoms with E-state index in [1.807, 2.05) is 51.1 Å². The van der Waals surface area contributed by atoms with Crippen LogP contribution in [0.2, 0.25) is 0 Å². The first-order valence-electron chi connectivity index (χ1n) is 8.23. The summed E-state index contributed by atoms with van der Waals surface area (Å²) in [5, 5.41) is 11.5. The summed E-state index contributed by atoms with van der Waals surface area (Å²) < 4.78 is 5.62. The molecule has 2 rings (SSSR count). The van der Waals surface area contributed by atoms with Gasteiger partial charge in [0.1, 0.15) is 11.3 Å². The van der Waals surface area contributed by atoms with Gasteiger partial charge in [0.15, 0.2) is 0 Å². The monoisotopic (exact) mass is 329 g/mol. The number of amides is 3. The Morgan fingerprint density at radius 3 is 2.50 bits per heavy atom. The molecule has 24 heavy (non-hydrogen) atoms. The Morgan fingerprint density at radius 1 is 1.29 bits per heavy atom. The number of unbranched alkanes of at least 4 members (excludes halogenated alkanes) is 1. The molecular formula is C18H23N3O3. The maximum atomic E-state index is 12.9. The zero-order valence-electron chi connectivity index (χ0n) is 14.3. The number of imide groups is 1. The van der Waals surface area contributed by atoms with Crippen molar-refractivity contribution in [1.82, 2.24) is 10.2 Å². The van der Waals surface area contributed by atoms with Crippen LogP contribution in [0.15, 0.2) is 24.3 Å². The fourth-order valence-corrected chi connectivity index (χ4v) is 2.87. The van der Waals surface area contributed by atoms with E-state index in [2.05, 4.69) is 5.32 Å². The molecule has 1 heterocycles. The molecule has 3 amide bonds. The average molecular weight is 329 g/mol. The molecule has 0 spiro atoms. The molecule has 0 aliphatic carbocycles. The van der Waals surface area contributed by atoms with Gasteiger partial charge in [-0.05, 0) is 44.4 Å². The van der Waals surface area contributed by atoms with E-state index in [1.165, 1.54) is 4.90 Å². The number of hydrogen-bond acceptors (Lipinski definition) is 4. The molecule has 1 aliphatic heterocycles. The Morgan fingerprint density at radius 2 is 1.96 bits per heavy atom. The van der Waals surface area contributed by atoms with Crippen molar-refractivity contribution in [1.29, 1.82) is 5.26 Å². The smallest absolute Gasteiger partial charge is 0.325 e. The first kappa shape index (κ1) is 17.8. The molecule has 0 bridgehead atoms. The largest absolute Gasteiger partial charge is 0.491 e. The van der Waals surface area contributed by atoms with Crippen molar-refractivity contribution in [3.63, 3.8) is 0 Å². The number of benzene rings is 1. The Bertz CT molecular complexity index is 648. The number of ether oxygens (including phenoxy) is 1. The molecule has 1 aromatic rings. The fraction of sp³-hybridized carbons (Fsp3) is 0.500. The van der Waals surface area contributed by atoms with Gasteiger partial charge in [-0.15, -0.1) is 0 Å². The summed E-state index contributed by atoms with van der Waals surface area (Å²) in [7, 11) is 0. The average Bonchev–Trinajstić information content (AvgIpc) is 2.80. The Kier molecular flexibility index (Phi) is 5.45. The van der Waals surface area contributed by atoms with Crippen LogP contribution in [0.1, 0.15) is 45.6 Å².